The lowest BCUT2D eigenvalue weighted by Crippen LogP contribution is -1.81. The van der Waals surface area contributed by atoms with Gasteiger partial charge in [-0.25, -0.2) is 0 Å². The molecule has 0 saturated carbocycles. The van der Waals surface area contributed by atoms with Gasteiger partial charge < -0.3 is 4.74 Å². The van der Waals surface area contributed by atoms with E-state index in [0.717, 1.165) is 0 Å². The molecule has 12 heavy (non-hydrogen) atoms. The highest BCUT2D eigenvalue weighted by molar-refractivity contribution is 5.53. The Morgan fingerprint density at radius 3 is 2.58 bits per heavy atom. The minimum atomic E-state index is 1.21. The zero-order valence-corrected chi connectivity index (χ0v) is 7.79. The molecular formula is C11H14O. The standard InChI is InChI=1S/C11H14O/c1-9-4-5-11(6-7-12-3)10(2)8-9/h4-8H,1-3H3. The Hall–Kier alpha value is -1.24. The molecule has 0 aliphatic heterocycles. The number of hydrogen-bond acceptors (Lipinski definition) is 1. The van der Waals surface area contributed by atoms with E-state index in [1.165, 1.54) is 16.7 Å². The molecule has 64 valence electrons. The zero-order chi connectivity index (χ0) is 8.97. The largest absolute Gasteiger partial charge is 0.504 e. The number of methoxy groups -OCH3 is 1. The van der Waals surface area contributed by atoms with Crippen LogP contribution < -0.4 is 0 Å². The van der Waals surface area contributed by atoms with Crippen LogP contribution in [0.5, 0.6) is 0 Å². The summed E-state index contributed by atoms with van der Waals surface area (Å²) in [4.78, 5) is 0. The Kier molecular flexibility index (Phi) is 2.92. The maximum atomic E-state index is 4.85. The van der Waals surface area contributed by atoms with Gasteiger partial charge in [0.1, 0.15) is 0 Å². The third kappa shape index (κ3) is 2.12. The predicted molar refractivity (Wildman–Crippen MR) is 52.0 cm³/mol. The van der Waals surface area contributed by atoms with Gasteiger partial charge in [-0.1, -0.05) is 23.8 Å². The fourth-order valence-corrected chi connectivity index (χ4v) is 1.15. The number of rotatable bonds is 2. The molecule has 1 heteroatoms. The van der Waals surface area contributed by atoms with Crippen molar-refractivity contribution >= 4 is 6.08 Å². The summed E-state index contributed by atoms with van der Waals surface area (Å²) in [5, 5.41) is 0. The van der Waals surface area contributed by atoms with Gasteiger partial charge in [0.2, 0.25) is 0 Å². The lowest BCUT2D eigenvalue weighted by atomic mass is 10.1. The topological polar surface area (TPSA) is 9.23 Å². The van der Waals surface area contributed by atoms with E-state index in [1.54, 1.807) is 13.4 Å². The van der Waals surface area contributed by atoms with Crippen LogP contribution in [0.15, 0.2) is 24.5 Å². The Morgan fingerprint density at radius 2 is 2.00 bits per heavy atom. The van der Waals surface area contributed by atoms with Gasteiger partial charge in [-0.05, 0) is 31.1 Å². The molecular weight excluding hydrogens is 148 g/mol. The third-order valence-electron chi connectivity index (χ3n) is 1.81. The Labute approximate surface area is 73.7 Å². The summed E-state index contributed by atoms with van der Waals surface area (Å²) in [7, 11) is 1.65. The summed E-state index contributed by atoms with van der Waals surface area (Å²) in [6.45, 7) is 4.19. The van der Waals surface area contributed by atoms with E-state index in [0.29, 0.717) is 0 Å². The lowest BCUT2D eigenvalue weighted by molar-refractivity contribution is 0.341. The van der Waals surface area contributed by atoms with Gasteiger partial charge in [0.25, 0.3) is 0 Å². The first-order chi connectivity index (χ1) is 5.74. The van der Waals surface area contributed by atoms with Crippen LogP contribution in [-0.2, 0) is 4.74 Å². The maximum Gasteiger partial charge on any atom is 0.0830 e. The van der Waals surface area contributed by atoms with E-state index in [-0.39, 0.29) is 0 Å². The maximum absolute atomic E-state index is 4.85. The molecule has 1 aromatic rings. The molecule has 0 spiro atoms. The molecule has 0 saturated heterocycles. The van der Waals surface area contributed by atoms with Gasteiger partial charge in [-0.3, -0.25) is 0 Å². The summed E-state index contributed by atoms with van der Waals surface area (Å²) < 4.78 is 4.85. The van der Waals surface area contributed by atoms with Crippen LogP contribution in [0.25, 0.3) is 6.08 Å². The summed E-state index contributed by atoms with van der Waals surface area (Å²) in [5.74, 6) is 0. The normalized spacial score (nSPS) is 10.6. The minimum Gasteiger partial charge on any atom is -0.504 e. The molecule has 0 fully saturated rings. The summed E-state index contributed by atoms with van der Waals surface area (Å²) in [5.41, 5.74) is 3.79. The number of benzene rings is 1. The zero-order valence-electron chi connectivity index (χ0n) is 7.79. The van der Waals surface area contributed by atoms with Crippen molar-refractivity contribution in [3.05, 3.63) is 41.2 Å². The van der Waals surface area contributed by atoms with E-state index in [4.69, 9.17) is 4.74 Å². The molecule has 1 aromatic carbocycles. The molecule has 0 atom stereocenters. The van der Waals surface area contributed by atoms with Crippen LogP contribution in [0, 0.1) is 13.8 Å². The third-order valence-corrected chi connectivity index (χ3v) is 1.81. The Bertz CT molecular complexity index is 287. The fourth-order valence-electron chi connectivity index (χ4n) is 1.15. The first-order valence-corrected chi connectivity index (χ1v) is 4.00. The molecule has 1 nitrogen and oxygen atoms in total. The van der Waals surface area contributed by atoms with Gasteiger partial charge in [-0.15, -0.1) is 0 Å². The summed E-state index contributed by atoms with van der Waals surface area (Å²) in [6.07, 6.45) is 3.66. The monoisotopic (exact) mass is 162 g/mol. The van der Waals surface area contributed by atoms with Gasteiger partial charge >= 0.3 is 0 Å². The number of hydrogen-bond donors (Lipinski definition) is 0. The highest BCUT2D eigenvalue weighted by Gasteiger charge is 1.92. The molecule has 0 aliphatic carbocycles. The smallest absolute Gasteiger partial charge is 0.0830 e. The lowest BCUT2D eigenvalue weighted by Gasteiger charge is -2.00. The predicted octanol–water partition coefficient (Wildman–Crippen LogP) is 2.92. The molecule has 0 radical (unpaired) electrons. The Balaban J connectivity index is 2.94. The highest BCUT2D eigenvalue weighted by Crippen LogP contribution is 2.11. The second kappa shape index (κ2) is 3.96. The molecule has 0 heterocycles. The van der Waals surface area contributed by atoms with Crippen molar-refractivity contribution in [2.24, 2.45) is 0 Å². The SMILES string of the molecule is COC=Cc1ccc(C)cc1C. The van der Waals surface area contributed by atoms with Crippen LogP contribution in [0.3, 0.4) is 0 Å². The van der Waals surface area contributed by atoms with Crippen LogP contribution in [0.1, 0.15) is 16.7 Å². The van der Waals surface area contributed by atoms with Crippen molar-refractivity contribution in [2.75, 3.05) is 7.11 Å². The van der Waals surface area contributed by atoms with Crippen molar-refractivity contribution < 1.29 is 4.74 Å². The van der Waals surface area contributed by atoms with Crippen molar-refractivity contribution in [3.63, 3.8) is 0 Å². The van der Waals surface area contributed by atoms with E-state index < -0.39 is 0 Å². The fraction of sp³-hybridized carbons (Fsp3) is 0.273. The quantitative estimate of drug-likeness (QED) is 0.607. The molecule has 0 bridgehead atoms. The second-order valence-corrected chi connectivity index (χ2v) is 2.90. The van der Waals surface area contributed by atoms with Crippen molar-refractivity contribution in [3.8, 4) is 0 Å². The first kappa shape index (κ1) is 8.85. The van der Waals surface area contributed by atoms with E-state index in [1.807, 2.05) is 6.08 Å². The molecule has 0 aromatic heterocycles. The highest BCUT2D eigenvalue weighted by atomic mass is 16.5. The van der Waals surface area contributed by atoms with Gasteiger partial charge in [0, 0.05) is 0 Å². The van der Waals surface area contributed by atoms with Crippen molar-refractivity contribution in [1.29, 1.82) is 0 Å². The van der Waals surface area contributed by atoms with Gasteiger partial charge in [0.05, 0.1) is 13.4 Å². The van der Waals surface area contributed by atoms with E-state index >= 15 is 0 Å². The molecule has 0 aliphatic rings. The summed E-state index contributed by atoms with van der Waals surface area (Å²) in [6, 6.07) is 6.36. The van der Waals surface area contributed by atoms with E-state index in [9.17, 15) is 0 Å². The van der Waals surface area contributed by atoms with E-state index in [2.05, 4.69) is 32.0 Å². The molecule has 1 rings (SSSR count). The molecule has 0 N–H and O–H groups in total. The van der Waals surface area contributed by atoms with Crippen LogP contribution >= 0.6 is 0 Å². The number of aryl methyl sites for hydroxylation is 2. The molecule has 0 unspecified atom stereocenters. The van der Waals surface area contributed by atoms with Gasteiger partial charge in [-0.2, -0.15) is 0 Å². The van der Waals surface area contributed by atoms with Crippen LogP contribution in [0.4, 0.5) is 0 Å². The van der Waals surface area contributed by atoms with Crippen molar-refractivity contribution in [1.82, 2.24) is 0 Å². The van der Waals surface area contributed by atoms with Crippen molar-refractivity contribution in [2.45, 2.75) is 13.8 Å². The van der Waals surface area contributed by atoms with Gasteiger partial charge in [0.15, 0.2) is 0 Å². The molecule has 0 amide bonds. The second-order valence-electron chi connectivity index (χ2n) is 2.90. The first-order valence-electron chi connectivity index (χ1n) is 4.00. The average Bonchev–Trinajstić information content (AvgIpc) is 2.03. The van der Waals surface area contributed by atoms with Crippen LogP contribution in [0.2, 0.25) is 0 Å². The summed E-state index contributed by atoms with van der Waals surface area (Å²) >= 11 is 0. The van der Waals surface area contributed by atoms with Crippen LogP contribution in [-0.4, -0.2) is 7.11 Å². The Morgan fingerprint density at radius 1 is 1.25 bits per heavy atom. The average molecular weight is 162 g/mol. The minimum absolute atomic E-state index is 1.21. The number of ether oxygens (including phenoxy) is 1.